The SMILES string of the molecule is Cc1noc(C)c1C(C)C(=O)N1CCCC(O)C1. The van der Waals surface area contributed by atoms with Crippen LogP contribution in [-0.2, 0) is 4.79 Å². The number of piperidine rings is 1. The minimum absolute atomic E-state index is 0.0446. The molecule has 100 valence electrons. The predicted molar refractivity (Wildman–Crippen MR) is 66.2 cm³/mol. The Bertz CT molecular complexity index is 422. The van der Waals surface area contributed by atoms with Crippen molar-refractivity contribution in [1.82, 2.24) is 10.1 Å². The van der Waals surface area contributed by atoms with Crippen molar-refractivity contribution in [2.75, 3.05) is 13.1 Å². The van der Waals surface area contributed by atoms with Gasteiger partial charge in [-0.15, -0.1) is 0 Å². The van der Waals surface area contributed by atoms with Crippen LogP contribution in [0, 0.1) is 13.8 Å². The van der Waals surface area contributed by atoms with E-state index in [1.165, 1.54) is 0 Å². The number of hydrogen-bond acceptors (Lipinski definition) is 4. The molecule has 2 rings (SSSR count). The number of likely N-dealkylation sites (tertiary alicyclic amines) is 1. The molecule has 0 radical (unpaired) electrons. The van der Waals surface area contributed by atoms with Crippen LogP contribution in [0.5, 0.6) is 0 Å². The van der Waals surface area contributed by atoms with Crippen molar-refractivity contribution in [3.63, 3.8) is 0 Å². The van der Waals surface area contributed by atoms with Gasteiger partial charge in [0, 0.05) is 18.7 Å². The fourth-order valence-corrected chi connectivity index (χ4v) is 2.66. The molecule has 0 bridgehead atoms. The van der Waals surface area contributed by atoms with E-state index in [4.69, 9.17) is 4.52 Å². The fraction of sp³-hybridized carbons (Fsp3) is 0.692. The minimum atomic E-state index is -0.389. The van der Waals surface area contributed by atoms with E-state index in [1.54, 1.807) is 4.90 Å². The van der Waals surface area contributed by atoms with Crippen molar-refractivity contribution in [2.24, 2.45) is 0 Å². The quantitative estimate of drug-likeness (QED) is 0.863. The number of β-amino-alcohol motifs (C(OH)–C–C–N with tert-alkyl or cyclic N) is 1. The molecule has 18 heavy (non-hydrogen) atoms. The van der Waals surface area contributed by atoms with Gasteiger partial charge in [0.25, 0.3) is 0 Å². The normalized spacial score (nSPS) is 22.0. The molecule has 0 aliphatic carbocycles. The average Bonchev–Trinajstić information content (AvgIpc) is 2.67. The van der Waals surface area contributed by atoms with Gasteiger partial charge in [0.15, 0.2) is 0 Å². The number of nitrogens with zero attached hydrogens (tertiary/aromatic N) is 2. The van der Waals surface area contributed by atoms with Gasteiger partial charge in [-0.25, -0.2) is 0 Å². The Kier molecular flexibility index (Phi) is 3.71. The summed E-state index contributed by atoms with van der Waals surface area (Å²) >= 11 is 0. The highest BCUT2D eigenvalue weighted by Gasteiger charge is 2.29. The fourth-order valence-electron chi connectivity index (χ4n) is 2.66. The number of aliphatic hydroxyl groups is 1. The number of aliphatic hydroxyl groups excluding tert-OH is 1. The maximum absolute atomic E-state index is 12.4. The number of aryl methyl sites for hydroxylation is 2. The van der Waals surface area contributed by atoms with Gasteiger partial charge in [0.1, 0.15) is 5.76 Å². The second kappa shape index (κ2) is 5.10. The first-order valence-corrected chi connectivity index (χ1v) is 6.40. The predicted octanol–water partition coefficient (Wildman–Crippen LogP) is 1.38. The molecule has 1 aromatic rings. The molecule has 2 heterocycles. The van der Waals surface area contributed by atoms with Gasteiger partial charge >= 0.3 is 0 Å². The number of hydrogen-bond donors (Lipinski definition) is 1. The van der Waals surface area contributed by atoms with E-state index in [0.29, 0.717) is 12.3 Å². The lowest BCUT2D eigenvalue weighted by Gasteiger charge is -2.32. The molecule has 2 atom stereocenters. The third-order valence-corrected chi connectivity index (χ3v) is 3.60. The molecule has 2 unspecified atom stereocenters. The van der Waals surface area contributed by atoms with E-state index >= 15 is 0 Å². The van der Waals surface area contributed by atoms with Crippen molar-refractivity contribution in [3.05, 3.63) is 17.0 Å². The molecule has 1 fully saturated rings. The average molecular weight is 252 g/mol. The molecule has 5 nitrogen and oxygen atoms in total. The molecule has 1 saturated heterocycles. The Morgan fingerprint density at radius 3 is 2.83 bits per heavy atom. The summed E-state index contributed by atoms with van der Waals surface area (Å²) in [7, 11) is 0. The molecule has 1 amide bonds. The Labute approximate surface area is 107 Å². The summed E-state index contributed by atoms with van der Waals surface area (Å²) in [6.07, 6.45) is 1.25. The zero-order valence-electron chi connectivity index (χ0n) is 11.1. The van der Waals surface area contributed by atoms with Crippen LogP contribution < -0.4 is 0 Å². The largest absolute Gasteiger partial charge is 0.391 e. The van der Waals surface area contributed by atoms with Crippen molar-refractivity contribution in [2.45, 2.75) is 45.6 Å². The van der Waals surface area contributed by atoms with Crippen molar-refractivity contribution >= 4 is 5.91 Å². The zero-order chi connectivity index (χ0) is 13.3. The highest BCUT2D eigenvalue weighted by Crippen LogP contribution is 2.26. The second-order valence-electron chi connectivity index (χ2n) is 5.04. The van der Waals surface area contributed by atoms with Gasteiger partial charge in [-0.1, -0.05) is 5.16 Å². The number of amides is 1. The summed E-state index contributed by atoms with van der Waals surface area (Å²) in [5.41, 5.74) is 1.64. The van der Waals surface area contributed by atoms with Crippen LogP contribution in [0.15, 0.2) is 4.52 Å². The highest BCUT2D eigenvalue weighted by atomic mass is 16.5. The lowest BCUT2D eigenvalue weighted by molar-refractivity contribution is -0.135. The molecule has 0 saturated carbocycles. The van der Waals surface area contributed by atoms with Gasteiger partial charge in [-0.05, 0) is 33.6 Å². The highest BCUT2D eigenvalue weighted by molar-refractivity contribution is 5.84. The summed E-state index contributed by atoms with van der Waals surface area (Å²) in [6.45, 7) is 6.71. The van der Waals surface area contributed by atoms with E-state index in [1.807, 2.05) is 20.8 Å². The zero-order valence-corrected chi connectivity index (χ0v) is 11.1. The lowest BCUT2D eigenvalue weighted by atomic mass is 9.96. The number of rotatable bonds is 2. The monoisotopic (exact) mass is 252 g/mol. The molecule has 1 aliphatic heterocycles. The van der Waals surface area contributed by atoms with Crippen LogP contribution in [0.2, 0.25) is 0 Å². The summed E-state index contributed by atoms with van der Waals surface area (Å²) in [4.78, 5) is 14.1. The Morgan fingerprint density at radius 2 is 2.28 bits per heavy atom. The molecule has 0 spiro atoms. The van der Waals surface area contributed by atoms with Crippen molar-refractivity contribution in [1.29, 1.82) is 0 Å². The van der Waals surface area contributed by atoms with Crippen LogP contribution in [0.1, 0.15) is 42.7 Å². The number of carbonyl (C=O) groups excluding carboxylic acids is 1. The summed E-state index contributed by atoms with van der Waals surface area (Å²) in [6, 6.07) is 0. The van der Waals surface area contributed by atoms with Gasteiger partial charge in [-0.2, -0.15) is 0 Å². The van der Waals surface area contributed by atoms with E-state index in [0.717, 1.165) is 30.6 Å². The topological polar surface area (TPSA) is 66.6 Å². The van der Waals surface area contributed by atoms with E-state index < -0.39 is 0 Å². The molecule has 1 aromatic heterocycles. The molecule has 0 aromatic carbocycles. The van der Waals surface area contributed by atoms with E-state index in [9.17, 15) is 9.90 Å². The van der Waals surface area contributed by atoms with E-state index in [2.05, 4.69) is 5.16 Å². The molecular weight excluding hydrogens is 232 g/mol. The Hall–Kier alpha value is -1.36. The first-order valence-electron chi connectivity index (χ1n) is 6.40. The lowest BCUT2D eigenvalue weighted by Crippen LogP contribution is -2.44. The van der Waals surface area contributed by atoms with Crippen LogP contribution in [0.3, 0.4) is 0 Å². The second-order valence-corrected chi connectivity index (χ2v) is 5.04. The first-order chi connectivity index (χ1) is 8.50. The molecule has 5 heteroatoms. The minimum Gasteiger partial charge on any atom is -0.391 e. The standard InChI is InChI=1S/C13H20N2O3/c1-8(12-9(2)14-18-10(12)3)13(17)15-6-4-5-11(16)7-15/h8,11,16H,4-7H2,1-3H3. The summed E-state index contributed by atoms with van der Waals surface area (Å²) in [5, 5.41) is 13.5. The van der Waals surface area contributed by atoms with Crippen LogP contribution >= 0.6 is 0 Å². The maximum atomic E-state index is 12.4. The van der Waals surface area contributed by atoms with Gasteiger partial charge in [0.2, 0.25) is 5.91 Å². The Morgan fingerprint density at radius 1 is 1.56 bits per heavy atom. The third-order valence-electron chi connectivity index (χ3n) is 3.60. The first kappa shape index (κ1) is 13.1. The van der Waals surface area contributed by atoms with Crippen LogP contribution in [-0.4, -0.2) is 40.3 Å². The number of carbonyl (C=O) groups is 1. The molecular formula is C13H20N2O3. The van der Waals surface area contributed by atoms with Crippen LogP contribution in [0.4, 0.5) is 0 Å². The summed E-state index contributed by atoms with van der Waals surface area (Å²) < 4.78 is 5.10. The van der Waals surface area contributed by atoms with Gasteiger partial charge in [0.05, 0.1) is 17.7 Å². The maximum Gasteiger partial charge on any atom is 0.230 e. The molecule has 1 N–H and O–H groups in total. The summed E-state index contributed by atoms with van der Waals surface area (Å²) in [5.74, 6) is 0.482. The van der Waals surface area contributed by atoms with Gasteiger partial charge in [-0.3, -0.25) is 4.79 Å². The smallest absolute Gasteiger partial charge is 0.230 e. The van der Waals surface area contributed by atoms with Crippen LogP contribution in [0.25, 0.3) is 0 Å². The van der Waals surface area contributed by atoms with Crippen molar-refractivity contribution in [3.8, 4) is 0 Å². The van der Waals surface area contributed by atoms with Gasteiger partial charge < -0.3 is 14.5 Å². The Balaban J connectivity index is 2.13. The van der Waals surface area contributed by atoms with Crippen molar-refractivity contribution < 1.29 is 14.4 Å². The van der Waals surface area contributed by atoms with E-state index in [-0.39, 0.29) is 17.9 Å². The molecule has 1 aliphatic rings. The third kappa shape index (κ3) is 2.41. The number of aromatic nitrogens is 1.